The van der Waals surface area contributed by atoms with Crippen LogP contribution < -0.4 is 15.4 Å². The first-order valence-corrected chi connectivity index (χ1v) is 9.52. The van der Waals surface area contributed by atoms with Crippen molar-refractivity contribution < 1.29 is 9.53 Å². The number of hydrogen-bond donors (Lipinski definition) is 2. The Labute approximate surface area is 171 Å². The number of amides is 1. The molecule has 4 rings (SSSR count). The number of nitrogens with one attached hydrogen (secondary N) is 2. The van der Waals surface area contributed by atoms with Crippen LogP contribution in [0, 0.1) is 11.3 Å². The summed E-state index contributed by atoms with van der Waals surface area (Å²) in [5.74, 6) is 1.07. The predicted octanol–water partition coefficient (Wildman–Crippen LogP) is 4.67. The largest absolute Gasteiger partial charge is 0.489 e. The number of halogens is 2. The Balaban J connectivity index is 0.00000210. The standard InChI is InChI=1S/C21H23ClN2O2.ClH/c22-19-4-2-1-3-15(19)14-26-17-7-5-16(6-8-17)24-20(25)18-13-21(18)9-11-23-12-10-21;/h1-8,18,23H,9-14H2,(H,24,25);1H. The van der Waals surface area contributed by atoms with Crippen LogP contribution in [0.15, 0.2) is 48.5 Å². The summed E-state index contributed by atoms with van der Waals surface area (Å²) < 4.78 is 5.78. The van der Waals surface area contributed by atoms with Gasteiger partial charge in [-0.15, -0.1) is 12.4 Å². The smallest absolute Gasteiger partial charge is 0.228 e. The molecule has 27 heavy (non-hydrogen) atoms. The third-order valence-electron chi connectivity index (χ3n) is 5.58. The van der Waals surface area contributed by atoms with Gasteiger partial charge in [0.1, 0.15) is 12.4 Å². The van der Waals surface area contributed by atoms with Gasteiger partial charge >= 0.3 is 0 Å². The lowest BCUT2D eigenvalue weighted by Gasteiger charge is -2.23. The van der Waals surface area contributed by atoms with Crippen LogP contribution in [0.2, 0.25) is 5.02 Å². The highest BCUT2D eigenvalue weighted by atomic mass is 35.5. The number of hydrogen-bond acceptors (Lipinski definition) is 3. The highest BCUT2D eigenvalue weighted by Gasteiger charge is 2.57. The van der Waals surface area contributed by atoms with Crippen molar-refractivity contribution in [2.45, 2.75) is 25.9 Å². The van der Waals surface area contributed by atoms with Gasteiger partial charge < -0.3 is 15.4 Å². The van der Waals surface area contributed by atoms with Gasteiger partial charge in [0, 0.05) is 22.2 Å². The molecule has 1 atom stereocenters. The fourth-order valence-corrected chi connectivity index (χ4v) is 4.03. The van der Waals surface area contributed by atoms with E-state index in [4.69, 9.17) is 16.3 Å². The maximum Gasteiger partial charge on any atom is 0.228 e. The summed E-state index contributed by atoms with van der Waals surface area (Å²) in [5.41, 5.74) is 2.02. The van der Waals surface area contributed by atoms with E-state index in [-0.39, 0.29) is 29.6 Å². The molecule has 144 valence electrons. The summed E-state index contributed by atoms with van der Waals surface area (Å²) in [4.78, 5) is 12.5. The highest BCUT2D eigenvalue weighted by Crippen LogP contribution is 2.58. The zero-order valence-electron chi connectivity index (χ0n) is 15.0. The molecule has 2 fully saturated rings. The van der Waals surface area contributed by atoms with Gasteiger partial charge in [-0.25, -0.2) is 0 Å². The van der Waals surface area contributed by atoms with E-state index in [1.165, 1.54) is 0 Å². The molecule has 2 aliphatic rings. The molecule has 1 heterocycles. The molecule has 1 saturated heterocycles. The van der Waals surface area contributed by atoms with Gasteiger partial charge in [0.25, 0.3) is 0 Å². The van der Waals surface area contributed by atoms with Gasteiger partial charge in [0.05, 0.1) is 0 Å². The van der Waals surface area contributed by atoms with E-state index in [9.17, 15) is 4.79 Å². The Morgan fingerprint density at radius 2 is 1.85 bits per heavy atom. The Kier molecular flexibility index (Phi) is 6.30. The first-order chi connectivity index (χ1) is 12.7. The molecular weight excluding hydrogens is 383 g/mol. The van der Waals surface area contributed by atoms with Gasteiger partial charge in [0.15, 0.2) is 0 Å². The number of ether oxygens (including phenoxy) is 1. The van der Waals surface area contributed by atoms with E-state index in [0.717, 1.165) is 49.4 Å². The van der Waals surface area contributed by atoms with Crippen LogP contribution in [-0.2, 0) is 11.4 Å². The minimum atomic E-state index is 0. The SMILES string of the molecule is Cl.O=C(Nc1ccc(OCc2ccccc2Cl)cc1)C1CC12CCNCC2. The van der Waals surface area contributed by atoms with E-state index >= 15 is 0 Å². The van der Waals surface area contributed by atoms with E-state index in [0.29, 0.717) is 11.6 Å². The van der Waals surface area contributed by atoms with Gasteiger partial charge in [-0.1, -0.05) is 29.8 Å². The van der Waals surface area contributed by atoms with Crippen molar-refractivity contribution >= 4 is 35.6 Å². The zero-order valence-corrected chi connectivity index (χ0v) is 16.6. The lowest BCUT2D eigenvalue weighted by atomic mass is 9.92. The molecule has 0 radical (unpaired) electrons. The predicted molar refractivity (Wildman–Crippen MR) is 111 cm³/mol. The minimum absolute atomic E-state index is 0. The third kappa shape index (κ3) is 4.57. The van der Waals surface area contributed by atoms with Crippen LogP contribution >= 0.6 is 24.0 Å². The van der Waals surface area contributed by atoms with Gasteiger partial charge in [-0.3, -0.25) is 4.79 Å². The monoisotopic (exact) mass is 406 g/mol. The molecule has 4 nitrogen and oxygen atoms in total. The molecule has 1 aliphatic carbocycles. The average molecular weight is 407 g/mol. The summed E-state index contributed by atoms with van der Waals surface area (Å²) in [6.07, 6.45) is 3.25. The summed E-state index contributed by atoms with van der Waals surface area (Å²) in [5, 5.41) is 7.12. The lowest BCUT2D eigenvalue weighted by Crippen LogP contribution is -2.31. The van der Waals surface area contributed by atoms with E-state index < -0.39 is 0 Å². The summed E-state index contributed by atoms with van der Waals surface area (Å²) in [7, 11) is 0. The number of rotatable bonds is 5. The van der Waals surface area contributed by atoms with E-state index in [1.54, 1.807) is 0 Å². The second-order valence-corrected chi connectivity index (χ2v) is 7.67. The molecule has 6 heteroatoms. The number of piperidine rings is 1. The topological polar surface area (TPSA) is 50.4 Å². The molecular formula is C21H24Cl2N2O2. The molecule has 2 N–H and O–H groups in total. The Hall–Kier alpha value is -1.75. The third-order valence-corrected chi connectivity index (χ3v) is 5.95. The van der Waals surface area contributed by atoms with Crippen molar-refractivity contribution in [2.75, 3.05) is 18.4 Å². The average Bonchev–Trinajstić information content (AvgIpc) is 3.36. The summed E-state index contributed by atoms with van der Waals surface area (Å²) in [6.45, 7) is 2.48. The van der Waals surface area contributed by atoms with Crippen molar-refractivity contribution in [2.24, 2.45) is 11.3 Å². The Bertz CT molecular complexity index is 789. The second kappa shape index (κ2) is 8.51. The fourth-order valence-electron chi connectivity index (χ4n) is 3.84. The number of carbonyl (C=O) groups is 1. The quantitative estimate of drug-likeness (QED) is 0.758. The van der Waals surface area contributed by atoms with E-state index in [1.807, 2.05) is 48.5 Å². The molecule has 1 unspecified atom stereocenters. The minimum Gasteiger partial charge on any atom is -0.489 e. The summed E-state index contributed by atoms with van der Waals surface area (Å²) in [6, 6.07) is 15.2. The summed E-state index contributed by atoms with van der Waals surface area (Å²) >= 11 is 6.14. The van der Waals surface area contributed by atoms with Crippen LogP contribution in [-0.4, -0.2) is 19.0 Å². The molecule has 1 saturated carbocycles. The van der Waals surface area contributed by atoms with Crippen LogP contribution in [0.25, 0.3) is 0 Å². The zero-order chi connectivity index (χ0) is 18.0. The van der Waals surface area contributed by atoms with Crippen LogP contribution in [0.3, 0.4) is 0 Å². The highest BCUT2D eigenvalue weighted by molar-refractivity contribution is 6.31. The fraction of sp³-hybridized carbons (Fsp3) is 0.381. The maximum absolute atomic E-state index is 12.5. The van der Waals surface area contributed by atoms with Crippen molar-refractivity contribution in [3.8, 4) is 5.75 Å². The Morgan fingerprint density at radius 1 is 1.15 bits per heavy atom. The van der Waals surface area contributed by atoms with Crippen LogP contribution in [0.1, 0.15) is 24.8 Å². The second-order valence-electron chi connectivity index (χ2n) is 7.26. The lowest BCUT2D eigenvalue weighted by molar-refractivity contribution is -0.118. The van der Waals surface area contributed by atoms with Crippen molar-refractivity contribution in [3.05, 3.63) is 59.1 Å². The van der Waals surface area contributed by atoms with Crippen molar-refractivity contribution in [1.82, 2.24) is 5.32 Å². The molecule has 2 aromatic rings. The first-order valence-electron chi connectivity index (χ1n) is 9.14. The van der Waals surface area contributed by atoms with Crippen molar-refractivity contribution in [1.29, 1.82) is 0 Å². The van der Waals surface area contributed by atoms with Crippen molar-refractivity contribution in [3.63, 3.8) is 0 Å². The molecule has 2 aromatic carbocycles. The van der Waals surface area contributed by atoms with E-state index in [2.05, 4.69) is 10.6 Å². The maximum atomic E-state index is 12.5. The van der Waals surface area contributed by atoms with Gasteiger partial charge in [0.2, 0.25) is 5.91 Å². The molecule has 1 spiro atoms. The molecule has 1 aliphatic heterocycles. The normalized spacial score (nSPS) is 19.8. The molecule has 0 bridgehead atoms. The molecule has 0 aromatic heterocycles. The van der Waals surface area contributed by atoms with Crippen LogP contribution in [0.4, 0.5) is 5.69 Å². The number of anilines is 1. The first kappa shape index (κ1) is 20.0. The Morgan fingerprint density at radius 3 is 2.56 bits per heavy atom. The van der Waals surface area contributed by atoms with Crippen LogP contribution in [0.5, 0.6) is 5.75 Å². The van der Waals surface area contributed by atoms with Gasteiger partial charge in [-0.2, -0.15) is 0 Å². The van der Waals surface area contributed by atoms with Gasteiger partial charge in [-0.05, 0) is 68.1 Å². The number of benzene rings is 2. The number of carbonyl (C=O) groups excluding carboxylic acids is 1. The molecule has 1 amide bonds.